The van der Waals surface area contributed by atoms with Gasteiger partial charge in [-0.1, -0.05) is 0 Å². The Hall–Kier alpha value is -0.900. The second kappa shape index (κ2) is 2.62. The van der Waals surface area contributed by atoms with Crippen molar-refractivity contribution in [1.29, 1.82) is 0 Å². The van der Waals surface area contributed by atoms with Crippen molar-refractivity contribution in [2.24, 2.45) is 12.8 Å². The van der Waals surface area contributed by atoms with Crippen molar-refractivity contribution in [3.8, 4) is 0 Å². The maximum Gasteiger partial charge on any atom is 0.299 e. The number of alkyl halides is 2. The molecule has 0 aromatic carbocycles. The van der Waals surface area contributed by atoms with Crippen LogP contribution < -0.4 is 5.73 Å². The molecule has 0 aliphatic carbocycles. The Morgan fingerprint density at radius 1 is 1.64 bits per heavy atom. The number of hydrogen-bond acceptors (Lipinski definition) is 1. The van der Waals surface area contributed by atoms with E-state index in [9.17, 15) is 8.78 Å². The van der Waals surface area contributed by atoms with Gasteiger partial charge in [0.1, 0.15) is 0 Å². The molecule has 0 saturated heterocycles. The molecular formula is C7H10F2N2. The quantitative estimate of drug-likeness (QED) is 0.689. The van der Waals surface area contributed by atoms with E-state index in [0.717, 1.165) is 0 Å². The van der Waals surface area contributed by atoms with E-state index < -0.39 is 12.5 Å². The van der Waals surface area contributed by atoms with Gasteiger partial charge in [-0.2, -0.15) is 8.78 Å². The minimum atomic E-state index is -2.90. The van der Waals surface area contributed by atoms with Gasteiger partial charge in [0.25, 0.3) is 5.92 Å². The van der Waals surface area contributed by atoms with Crippen LogP contribution in [0.25, 0.3) is 0 Å². The first kappa shape index (κ1) is 8.20. The molecule has 1 rings (SSSR count). The Morgan fingerprint density at radius 2 is 2.27 bits per heavy atom. The third kappa shape index (κ3) is 1.40. The van der Waals surface area contributed by atoms with E-state index in [1.807, 2.05) is 0 Å². The summed E-state index contributed by atoms with van der Waals surface area (Å²) in [4.78, 5) is 0. The maximum atomic E-state index is 12.8. The zero-order valence-electron chi connectivity index (χ0n) is 6.22. The second-order valence-electron chi connectivity index (χ2n) is 2.41. The normalized spacial score (nSPS) is 12.0. The van der Waals surface area contributed by atoms with Crippen LogP contribution in [0.1, 0.15) is 5.69 Å². The van der Waals surface area contributed by atoms with Crippen LogP contribution in [-0.2, 0) is 13.0 Å². The van der Waals surface area contributed by atoms with Crippen molar-refractivity contribution in [2.45, 2.75) is 5.92 Å². The second-order valence-corrected chi connectivity index (χ2v) is 2.41. The summed E-state index contributed by atoms with van der Waals surface area (Å²) in [5.41, 5.74) is 4.86. The summed E-state index contributed by atoms with van der Waals surface area (Å²) >= 11 is 0. The predicted molar refractivity (Wildman–Crippen MR) is 38.4 cm³/mol. The molecule has 1 aromatic heterocycles. The summed E-state index contributed by atoms with van der Waals surface area (Å²) in [6.07, 6.45) is 1.57. The van der Waals surface area contributed by atoms with E-state index in [2.05, 4.69) is 0 Å². The molecule has 2 nitrogen and oxygen atoms in total. The molecule has 0 radical (unpaired) electrons. The smallest absolute Gasteiger partial charge is 0.299 e. The van der Waals surface area contributed by atoms with Gasteiger partial charge in [0.15, 0.2) is 0 Å². The van der Waals surface area contributed by atoms with Crippen LogP contribution in [0, 0.1) is 0 Å². The van der Waals surface area contributed by atoms with Crippen molar-refractivity contribution in [1.82, 2.24) is 4.57 Å². The Labute approximate surface area is 63.6 Å². The average Bonchev–Trinajstić information content (AvgIpc) is 2.36. The van der Waals surface area contributed by atoms with Gasteiger partial charge in [-0.15, -0.1) is 0 Å². The molecule has 1 aromatic rings. The molecule has 1 heterocycles. The standard InChI is InChI=1S/C7H10F2N2/c1-11-4-2-3-6(11)7(8,9)5-10/h2-4H,5,10H2,1H3. The van der Waals surface area contributed by atoms with Gasteiger partial charge in [0, 0.05) is 13.2 Å². The van der Waals surface area contributed by atoms with Crippen molar-refractivity contribution in [3.63, 3.8) is 0 Å². The fourth-order valence-electron chi connectivity index (χ4n) is 0.946. The van der Waals surface area contributed by atoms with Crippen LogP contribution in [0.5, 0.6) is 0 Å². The number of nitrogens with zero attached hydrogens (tertiary/aromatic N) is 1. The largest absolute Gasteiger partial charge is 0.349 e. The number of aryl methyl sites for hydroxylation is 1. The molecule has 0 fully saturated rings. The summed E-state index contributed by atoms with van der Waals surface area (Å²) in [7, 11) is 1.57. The van der Waals surface area contributed by atoms with E-state index in [0.29, 0.717) is 0 Å². The van der Waals surface area contributed by atoms with Gasteiger partial charge < -0.3 is 10.3 Å². The maximum absolute atomic E-state index is 12.8. The molecule has 0 bridgehead atoms. The third-order valence-electron chi connectivity index (χ3n) is 1.57. The van der Waals surface area contributed by atoms with E-state index >= 15 is 0 Å². The molecule has 2 N–H and O–H groups in total. The van der Waals surface area contributed by atoms with Gasteiger partial charge in [0.05, 0.1) is 12.2 Å². The SMILES string of the molecule is Cn1cccc1C(F)(F)CN. The Bertz CT molecular complexity index is 242. The van der Waals surface area contributed by atoms with Crippen LogP contribution in [0.2, 0.25) is 0 Å². The van der Waals surface area contributed by atoms with Crippen LogP contribution in [0.3, 0.4) is 0 Å². The first-order chi connectivity index (χ1) is 5.08. The number of halogens is 2. The highest BCUT2D eigenvalue weighted by Gasteiger charge is 2.31. The number of hydrogen-bond donors (Lipinski definition) is 1. The van der Waals surface area contributed by atoms with Crippen molar-refractivity contribution >= 4 is 0 Å². The minimum absolute atomic E-state index is 0.0417. The van der Waals surface area contributed by atoms with E-state index in [1.54, 1.807) is 19.3 Å². The molecule has 62 valence electrons. The highest BCUT2D eigenvalue weighted by Crippen LogP contribution is 2.25. The summed E-state index contributed by atoms with van der Waals surface area (Å²) in [5, 5.41) is 0. The van der Waals surface area contributed by atoms with E-state index in [-0.39, 0.29) is 5.69 Å². The zero-order chi connectivity index (χ0) is 8.48. The summed E-state index contributed by atoms with van der Waals surface area (Å²) < 4.78 is 27.0. The summed E-state index contributed by atoms with van der Waals surface area (Å²) in [6, 6.07) is 2.94. The Kier molecular flexibility index (Phi) is 1.95. The molecule has 0 aliphatic heterocycles. The zero-order valence-corrected chi connectivity index (χ0v) is 6.22. The number of rotatable bonds is 2. The number of nitrogens with two attached hydrogens (primary N) is 1. The molecule has 0 aliphatic rings. The van der Waals surface area contributed by atoms with Crippen LogP contribution in [0.15, 0.2) is 18.3 Å². The van der Waals surface area contributed by atoms with Crippen LogP contribution >= 0.6 is 0 Å². The highest BCUT2D eigenvalue weighted by atomic mass is 19.3. The molecule has 0 unspecified atom stereocenters. The van der Waals surface area contributed by atoms with Crippen molar-refractivity contribution < 1.29 is 8.78 Å². The van der Waals surface area contributed by atoms with Gasteiger partial charge in [-0.05, 0) is 12.1 Å². The van der Waals surface area contributed by atoms with Gasteiger partial charge in [0.2, 0.25) is 0 Å². The molecule has 0 spiro atoms. The Morgan fingerprint density at radius 3 is 2.64 bits per heavy atom. The lowest BCUT2D eigenvalue weighted by molar-refractivity contribution is -0.00134. The van der Waals surface area contributed by atoms with Gasteiger partial charge in [-0.3, -0.25) is 0 Å². The lowest BCUT2D eigenvalue weighted by atomic mass is 10.2. The number of aromatic nitrogens is 1. The summed E-state index contributed by atoms with van der Waals surface area (Å²) in [6.45, 7) is -0.648. The first-order valence-corrected chi connectivity index (χ1v) is 3.27. The molecule has 4 heteroatoms. The van der Waals surface area contributed by atoms with Crippen molar-refractivity contribution in [3.05, 3.63) is 24.0 Å². The molecular weight excluding hydrogens is 150 g/mol. The predicted octanol–water partition coefficient (Wildman–Crippen LogP) is 1.08. The average molecular weight is 160 g/mol. The van der Waals surface area contributed by atoms with Gasteiger partial charge in [-0.25, -0.2) is 0 Å². The van der Waals surface area contributed by atoms with E-state index in [4.69, 9.17) is 5.73 Å². The highest BCUT2D eigenvalue weighted by molar-refractivity contribution is 5.12. The molecule has 0 saturated carbocycles. The Balaban J connectivity index is 3.00. The van der Waals surface area contributed by atoms with E-state index in [1.165, 1.54) is 10.6 Å². The summed E-state index contributed by atoms with van der Waals surface area (Å²) in [5.74, 6) is -2.90. The molecule has 0 atom stereocenters. The van der Waals surface area contributed by atoms with Crippen molar-refractivity contribution in [2.75, 3.05) is 6.54 Å². The fraction of sp³-hybridized carbons (Fsp3) is 0.429. The van der Waals surface area contributed by atoms with Gasteiger partial charge >= 0.3 is 0 Å². The minimum Gasteiger partial charge on any atom is -0.349 e. The fourth-order valence-corrected chi connectivity index (χ4v) is 0.946. The van der Waals surface area contributed by atoms with Crippen LogP contribution in [0.4, 0.5) is 8.78 Å². The topological polar surface area (TPSA) is 30.9 Å². The molecule has 11 heavy (non-hydrogen) atoms. The first-order valence-electron chi connectivity index (χ1n) is 3.27. The monoisotopic (exact) mass is 160 g/mol. The third-order valence-corrected chi connectivity index (χ3v) is 1.57. The van der Waals surface area contributed by atoms with Crippen LogP contribution in [-0.4, -0.2) is 11.1 Å². The lowest BCUT2D eigenvalue weighted by Crippen LogP contribution is -2.27. The molecule has 0 amide bonds. The lowest BCUT2D eigenvalue weighted by Gasteiger charge is -2.14.